The second-order valence-electron chi connectivity index (χ2n) is 5.85. The summed E-state index contributed by atoms with van der Waals surface area (Å²) in [5.41, 5.74) is 0. The Morgan fingerprint density at radius 2 is 1.94 bits per heavy atom. The number of unbranched alkanes of at least 4 members (excludes halogenated alkanes) is 2. The van der Waals surface area contributed by atoms with Crippen molar-refractivity contribution in [1.29, 1.82) is 0 Å². The maximum Gasteiger partial charge on any atom is 0.0124 e. The molecule has 2 atom stereocenters. The SMILES string of the molecule is CCNCCCCCN1CCC2CCCCC21. The molecule has 0 radical (unpaired) electrons. The molecule has 0 aromatic rings. The first-order chi connectivity index (χ1) is 8.42. The summed E-state index contributed by atoms with van der Waals surface area (Å²) >= 11 is 0. The Kier molecular flexibility index (Phi) is 5.79. The van der Waals surface area contributed by atoms with Crippen LogP contribution in [0, 0.1) is 5.92 Å². The van der Waals surface area contributed by atoms with E-state index in [0.717, 1.165) is 18.5 Å². The van der Waals surface area contributed by atoms with Crippen LogP contribution in [0.1, 0.15) is 58.3 Å². The lowest BCUT2D eigenvalue weighted by Gasteiger charge is -2.31. The first kappa shape index (κ1) is 13.4. The Labute approximate surface area is 107 Å². The number of rotatable bonds is 7. The zero-order valence-corrected chi connectivity index (χ0v) is 11.6. The van der Waals surface area contributed by atoms with Crippen LogP contribution >= 0.6 is 0 Å². The highest BCUT2D eigenvalue weighted by Crippen LogP contribution is 2.36. The molecular weight excluding hydrogens is 208 g/mol. The van der Waals surface area contributed by atoms with Gasteiger partial charge in [-0.3, -0.25) is 0 Å². The van der Waals surface area contributed by atoms with Crippen LogP contribution in [0.2, 0.25) is 0 Å². The number of nitrogens with one attached hydrogen (secondary N) is 1. The van der Waals surface area contributed by atoms with Gasteiger partial charge in [-0.2, -0.15) is 0 Å². The minimum atomic E-state index is 0.970. The van der Waals surface area contributed by atoms with Crippen molar-refractivity contribution < 1.29 is 0 Å². The van der Waals surface area contributed by atoms with E-state index in [1.807, 2.05) is 0 Å². The normalized spacial score (nSPS) is 29.5. The summed E-state index contributed by atoms with van der Waals surface area (Å²) in [5, 5.41) is 3.41. The van der Waals surface area contributed by atoms with Crippen LogP contribution in [0.4, 0.5) is 0 Å². The van der Waals surface area contributed by atoms with E-state index in [2.05, 4.69) is 17.1 Å². The average molecular weight is 238 g/mol. The molecule has 0 bridgehead atoms. The zero-order valence-electron chi connectivity index (χ0n) is 11.6. The molecule has 1 aliphatic heterocycles. The van der Waals surface area contributed by atoms with Crippen LogP contribution in [0.25, 0.3) is 0 Å². The summed E-state index contributed by atoms with van der Waals surface area (Å²) in [7, 11) is 0. The van der Waals surface area contributed by atoms with Crippen molar-refractivity contribution in [2.24, 2.45) is 5.92 Å². The van der Waals surface area contributed by atoms with E-state index in [-0.39, 0.29) is 0 Å². The summed E-state index contributed by atoms with van der Waals surface area (Å²) in [6.07, 6.45) is 11.6. The van der Waals surface area contributed by atoms with Crippen molar-refractivity contribution in [3.63, 3.8) is 0 Å². The lowest BCUT2D eigenvalue weighted by atomic mass is 9.85. The van der Waals surface area contributed by atoms with E-state index in [9.17, 15) is 0 Å². The zero-order chi connectivity index (χ0) is 11.9. The molecule has 1 N–H and O–H groups in total. The Bertz CT molecular complexity index is 205. The number of hydrogen-bond acceptors (Lipinski definition) is 2. The molecule has 2 aliphatic rings. The quantitative estimate of drug-likeness (QED) is 0.686. The van der Waals surface area contributed by atoms with Gasteiger partial charge in [0.2, 0.25) is 0 Å². The minimum absolute atomic E-state index is 0.970. The highest BCUT2D eigenvalue weighted by molar-refractivity contribution is 4.89. The van der Waals surface area contributed by atoms with Gasteiger partial charge in [0.15, 0.2) is 0 Å². The van der Waals surface area contributed by atoms with Gasteiger partial charge >= 0.3 is 0 Å². The Hall–Kier alpha value is -0.0800. The molecule has 0 amide bonds. The van der Waals surface area contributed by atoms with Gasteiger partial charge in [0.25, 0.3) is 0 Å². The van der Waals surface area contributed by atoms with Gasteiger partial charge in [-0.05, 0) is 64.2 Å². The third kappa shape index (κ3) is 3.96. The van der Waals surface area contributed by atoms with Gasteiger partial charge in [-0.25, -0.2) is 0 Å². The predicted molar refractivity (Wildman–Crippen MR) is 74.3 cm³/mol. The number of hydrogen-bond donors (Lipinski definition) is 1. The molecule has 1 saturated carbocycles. The molecule has 2 rings (SSSR count). The largest absolute Gasteiger partial charge is 0.317 e. The number of nitrogens with zero attached hydrogens (tertiary/aromatic N) is 1. The van der Waals surface area contributed by atoms with Gasteiger partial charge in [0, 0.05) is 6.04 Å². The fourth-order valence-electron chi connectivity index (χ4n) is 3.70. The molecule has 17 heavy (non-hydrogen) atoms. The van der Waals surface area contributed by atoms with Crippen molar-refractivity contribution in [3.05, 3.63) is 0 Å². The maximum atomic E-state index is 3.41. The van der Waals surface area contributed by atoms with E-state index in [1.54, 1.807) is 0 Å². The van der Waals surface area contributed by atoms with E-state index >= 15 is 0 Å². The molecule has 1 heterocycles. The van der Waals surface area contributed by atoms with Crippen LogP contribution in [0.15, 0.2) is 0 Å². The fourth-order valence-corrected chi connectivity index (χ4v) is 3.70. The van der Waals surface area contributed by atoms with Gasteiger partial charge in [-0.15, -0.1) is 0 Å². The lowest BCUT2D eigenvalue weighted by Crippen LogP contribution is -2.35. The second-order valence-corrected chi connectivity index (χ2v) is 5.85. The minimum Gasteiger partial charge on any atom is -0.317 e. The van der Waals surface area contributed by atoms with Gasteiger partial charge in [-0.1, -0.05) is 26.2 Å². The summed E-state index contributed by atoms with van der Waals surface area (Å²) in [6, 6.07) is 0.970. The first-order valence-corrected chi connectivity index (χ1v) is 7.86. The van der Waals surface area contributed by atoms with E-state index in [4.69, 9.17) is 0 Å². The molecule has 0 aromatic carbocycles. The molecule has 2 heteroatoms. The molecule has 2 unspecified atom stereocenters. The van der Waals surface area contributed by atoms with Gasteiger partial charge in [0.05, 0.1) is 0 Å². The standard InChI is InChI=1S/C15H30N2/c1-2-16-11-6-3-7-12-17-13-10-14-8-4-5-9-15(14)17/h14-16H,2-13H2,1H3. The van der Waals surface area contributed by atoms with Crippen molar-refractivity contribution in [2.45, 2.75) is 64.3 Å². The summed E-state index contributed by atoms with van der Waals surface area (Å²) in [6.45, 7) is 7.28. The molecule has 0 aromatic heterocycles. The van der Waals surface area contributed by atoms with Crippen molar-refractivity contribution in [1.82, 2.24) is 10.2 Å². The average Bonchev–Trinajstić information content (AvgIpc) is 2.77. The first-order valence-electron chi connectivity index (χ1n) is 7.86. The fraction of sp³-hybridized carbons (Fsp3) is 1.00. The number of likely N-dealkylation sites (tertiary alicyclic amines) is 1. The van der Waals surface area contributed by atoms with Crippen LogP contribution in [-0.4, -0.2) is 37.1 Å². The van der Waals surface area contributed by atoms with Gasteiger partial charge in [0.1, 0.15) is 0 Å². The molecule has 2 fully saturated rings. The smallest absolute Gasteiger partial charge is 0.0124 e. The van der Waals surface area contributed by atoms with Crippen molar-refractivity contribution in [2.75, 3.05) is 26.2 Å². The van der Waals surface area contributed by atoms with Crippen molar-refractivity contribution >= 4 is 0 Å². The molecule has 100 valence electrons. The van der Waals surface area contributed by atoms with Crippen LogP contribution in [-0.2, 0) is 0 Å². The van der Waals surface area contributed by atoms with E-state index < -0.39 is 0 Å². The molecule has 1 aliphatic carbocycles. The maximum absolute atomic E-state index is 3.41. The summed E-state index contributed by atoms with van der Waals surface area (Å²) in [4.78, 5) is 2.80. The van der Waals surface area contributed by atoms with Crippen molar-refractivity contribution in [3.8, 4) is 0 Å². The third-order valence-electron chi connectivity index (χ3n) is 4.67. The summed E-state index contributed by atoms with van der Waals surface area (Å²) < 4.78 is 0. The number of fused-ring (bicyclic) bond motifs is 1. The van der Waals surface area contributed by atoms with Crippen LogP contribution < -0.4 is 5.32 Å². The Morgan fingerprint density at radius 1 is 1.06 bits per heavy atom. The topological polar surface area (TPSA) is 15.3 Å². The summed E-state index contributed by atoms with van der Waals surface area (Å²) in [5.74, 6) is 1.06. The second kappa shape index (κ2) is 7.38. The highest BCUT2D eigenvalue weighted by atomic mass is 15.2. The van der Waals surface area contributed by atoms with Crippen LogP contribution in [0.3, 0.4) is 0 Å². The molecule has 0 spiro atoms. The Balaban J connectivity index is 1.56. The predicted octanol–water partition coefficient (Wildman–Crippen LogP) is 3.03. The monoisotopic (exact) mass is 238 g/mol. The Morgan fingerprint density at radius 3 is 2.82 bits per heavy atom. The third-order valence-corrected chi connectivity index (χ3v) is 4.67. The van der Waals surface area contributed by atoms with E-state index in [0.29, 0.717) is 0 Å². The molecule has 2 nitrogen and oxygen atoms in total. The highest BCUT2D eigenvalue weighted by Gasteiger charge is 2.34. The van der Waals surface area contributed by atoms with Gasteiger partial charge < -0.3 is 10.2 Å². The van der Waals surface area contributed by atoms with E-state index in [1.165, 1.54) is 71.0 Å². The molecular formula is C15H30N2. The van der Waals surface area contributed by atoms with Crippen LogP contribution in [0.5, 0.6) is 0 Å². The lowest BCUT2D eigenvalue weighted by molar-refractivity contribution is 0.180. The molecule has 1 saturated heterocycles.